The Hall–Kier alpha value is -3.81. The van der Waals surface area contributed by atoms with Gasteiger partial charge in [0.2, 0.25) is 0 Å². The first-order valence-corrected chi connectivity index (χ1v) is 9.03. The molecule has 8 heteroatoms. The smallest absolute Gasteiger partial charge is 0.253 e. The lowest BCUT2D eigenvalue weighted by atomic mass is 9.99. The molecule has 3 aromatic rings. The van der Waals surface area contributed by atoms with Crippen molar-refractivity contribution >= 4 is 23.1 Å². The van der Waals surface area contributed by atoms with E-state index in [0.29, 0.717) is 5.69 Å². The van der Waals surface area contributed by atoms with Crippen molar-refractivity contribution in [2.45, 2.75) is 6.42 Å². The molecule has 0 atom stereocenters. The predicted octanol–water partition coefficient (Wildman–Crippen LogP) is 4.33. The van der Waals surface area contributed by atoms with E-state index in [1.54, 1.807) is 30.3 Å². The molecule has 154 valence electrons. The number of nitrogens with zero attached hydrogens (tertiary/aromatic N) is 1. The number of halogens is 3. The van der Waals surface area contributed by atoms with Gasteiger partial charge in [-0.15, -0.1) is 6.58 Å². The van der Waals surface area contributed by atoms with Crippen LogP contribution in [-0.4, -0.2) is 17.4 Å². The van der Waals surface area contributed by atoms with Crippen LogP contribution in [0.3, 0.4) is 0 Å². The maximum absolute atomic E-state index is 15.0. The summed E-state index contributed by atoms with van der Waals surface area (Å²) >= 11 is 0. The number of rotatable bonds is 7. The molecule has 0 spiro atoms. The SMILES string of the molecule is C=CCNC(=O)c1cc(Cc2ccnc(N)c2F)c(F)c(F)c1Nc1ccccc1. The zero-order chi connectivity index (χ0) is 21.7. The van der Waals surface area contributed by atoms with Gasteiger partial charge in [-0.25, -0.2) is 18.2 Å². The van der Waals surface area contributed by atoms with Gasteiger partial charge in [-0.1, -0.05) is 24.3 Å². The third-order valence-corrected chi connectivity index (χ3v) is 4.35. The predicted molar refractivity (Wildman–Crippen MR) is 110 cm³/mol. The molecule has 30 heavy (non-hydrogen) atoms. The molecule has 0 aliphatic heterocycles. The van der Waals surface area contributed by atoms with Crippen molar-refractivity contribution in [3.8, 4) is 0 Å². The highest BCUT2D eigenvalue weighted by atomic mass is 19.2. The number of benzene rings is 2. The molecule has 1 amide bonds. The Morgan fingerprint density at radius 2 is 1.80 bits per heavy atom. The van der Waals surface area contributed by atoms with Crippen LogP contribution < -0.4 is 16.4 Å². The fourth-order valence-electron chi connectivity index (χ4n) is 2.88. The van der Waals surface area contributed by atoms with Crippen molar-refractivity contribution in [2.75, 3.05) is 17.6 Å². The van der Waals surface area contributed by atoms with Gasteiger partial charge in [0, 0.05) is 24.8 Å². The third-order valence-electron chi connectivity index (χ3n) is 4.35. The highest BCUT2D eigenvalue weighted by Crippen LogP contribution is 2.30. The molecule has 4 N–H and O–H groups in total. The Morgan fingerprint density at radius 3 is 2.50 bits per heavy atom. The molecule has 0 saturated heterocycles. The van der Waals surface area contributed by atoms with Crippen LogP contribution in [0.1, 0.15) is 21.5 Å². The summed E-state index contributed by atoms with van der Waals surface area (Å²) in [6, 6.07) is 11.0. The Morgan fingerprint density at radius 1 is 1.07 bits per heavy atom. The minimum atomic E-state index is -1.25. The minimum absolute atomic E-state index is 0.0296. The molecule has 3 rings (SSSR count). The van der Waals surface area contributed by atoms with E-state index < -0.39 is 23.4 Å². The van der Waals surface area contributed by atoms with E-state index in [1.807, 2.05) is 0 Å². The van der Waals surface area contributed by atoms with Gasteiger partial charge in [0.1, 0.15) is 0 Å². The van der Waals surface area contributed by atoms with E-state index in [9.17, 15) is 13.6 Å². The monoisotopic (exact) mass is 412 g/mol. The van der Waals surface area contributed by atoms with Crippen LogP contribution in [0.2, 0.25) is 0 Å². The van der Waals surface area contributed by atoms with Crippen molar-refractivity contribution < 1.29 is 18.0 Å². The molecule has 0 bridgehead atoms. The summed E-state index contributed by atoms with van der Waals surface area (Å²) in [7, 11) is 0. The van der Waals surface area contributed by atoms with Crippen LogP contribution >= 0.6 is 0 Å². The van der Waals surface area contributed by atoms with Gasteiger partial charge in [-0.3, -0.25) is 4.79 Å². The fourth-order valence-corrected chi connectivity index (χ4v) is 2.88. The molecule has 1 heterocycles. The second kappa shape index (κ2) is 9.13. The van der Waals surface area contributed by atoms with E-state index >= 15 is 4.39 Å². The molecule has 0 aliphatic carbocycles. The fraction of sp³-hybridized carbons (Fsp3) is 0.0909. The highest BCUT2D eigenvalue weighted by molar-refractivity contribution is 6.00. The minimum Gasteiger partial charge on any atom is -0.381 e. The van der Waals surface area contributed by atoms with Crippen LogP contribution in [0.15, 0.2) is 61.3 Å². The van der Waals surface area contributed by atoms with E-state index in [4.69, 9.17) is 5.73 Å². The largest absolute Gasteiger partial charge is 0.381 e. The number of para-hydroxylation sites is 1. The highest BCUT2D eigenvalue weighted by Gasteiger charge is 2.23. The van der Waals surface area contributed by atoms with Crippen LogP contribution in [0.5, 0.6) is 0 Å². The first-order valence-electron chi connectivity index (χ1n) is 9.03. The Labute approximate surface area is 171 Å². The number of carbonyl (C=O) groups is 1. The maximum Gasteiger partial charge on any atom is 0.253 e. The second-order valence-corrected chi connectivity index (χ2v) is 6.42. The summed E-state index contributed by atoms with van der Waals surface area (Å²) in [5, 5.41) is 5.29. The molecule has 2 aromatic carbocycles. The number of aromatic nitrogens is 1. The number of pyridine rings is 1. The van der Waals surface area contributed by atoms with Gasteiger partial charge in [-0.05, 0) is 35.4 Å². The molecular formula is C22H19F3N4O. The number of amides is 1. The van der Waals surface area contributed by atoms with Crippen LogP contribution in [0.4, 0.5) is 30.4 Å². The third kappa shape index (κ3) is 4.43. The van der Waals surface area contributed by atoms with Gasteiger partial charge >= 0.3 is 0 Å². The van der Waals surface area contributed by atoms with Crippen LogP contribution in [0.25, 0.3) is 0 Å². The lowest BCUT2D eigenvalue weighted by molar-refractivity contribution is 0.0958. The summed E-state index contributed by atoms with van der Waals surface area (Å²) < 4.78 is 44.1. The van der Waals surface area contributed by atoms with Crippen molar-refractivity contribution in [3.05, 3.63) is 95.5 Å². The van der Waals surface area contributed by atoms with Crippen molar-refractivity contribution in [2.24, 2.45) is 0 Å². The molecule has 0 unspecified atom stereocenters. The number of nitrogen functional groups attached to an aromatic ring is 1. The summed E-state index contributed by atoms with van der Waals surface area (Å²) in [6.07, 6.45) is 2.41. The topological polar surface area (TPSA) is 80.0 Å². The van der Waals surface area contributed by atoms with Crippen molar-refractivity contribution in [1.82, 2.24) is 10.3 Å². The Kier molecular flexibility index (Phi) is 6.36. The lowest BCUT2D eigenvalue weighted by Gasteiger charge is -2.16. The Balaban J connectivity index is 2.08. The van der Waals surface area contributed by atoms with Gasteiger partial charge in [0.25, 0.3) is 5.91 Å². The number of hydrogen-bond donors (Lipinski definition) is 3. The number of hydrogen-bond acceptors (Lipinski definition) is 4. The standard InChI is InChI=1S/C22H19F3N4O/c1-2-9-28-22(30)16-12-14(11-13-8-10-27-21(26)18(13)24)17(23)19(25)20(16)29-15-6-4-3-5-7-15/h2-8,10,12,29H,1,9,11H2,(H2,26,27)(H,28,30). The van der Waals surface area contributed by atoms with Gasteiger partial charge in [0.15, 0.2) is 23.3 Å². The second-order valence-electron chi connectivity index (χ2n) is 6.42. The molecule has 5 nitrogen and oxygen atoms in total. The number of nitrogens with two attached hydrogens (primary N) is 1. The van der Waals surface area contributed by atoms with Gasteiger partial charge < -0.3 is 16.4 Å². The molecular weight excluding hydrogens is 393 g/mol. The lowest BCUT2D eigenvalue weighted by Crippen LogP contribution is -2.25. The molecule has 0 aliphatic rings. The molecule has 1 aromatic heterocycles. The van der Waals surface area contributed by atoms with E-state index in [1.165, 1.54) is 24.4 Å². The van der Waals surface area contributed by atoms with Gasteiger partial charge in [0.05, 0.1) is 11.3 Å². The van der Waals surface area contributed by atoms with Crippen LogP contribution in [-0.2, 0) is 6.42 Å². The van der Waals surface area contributed by atoms with Crippen molar-refractivity contribution in [3.63, 3.8) is 0 Å². The Bertz CT molecular complexity index is 1090. The zero-order valence-electron chi connectivity index (χ0n) is 15.9. The number of nitrogens with one attached hydrogen (secondary N) is 2. The number of anilines is 3. The quantitative estimate of drug-likeness (QED) is 0.505. The van der Waals surface area contributed by atoms with E-state index in [-0.39, 0.29) is 41.2 Å². The van der Waals surface area contributed by atoms with Crippen LogP contribution in [0, 0.1) is 17.5 Å². The number of carbonyl (C=O) groups excluding carboxylic acids is 1. The van der Waals surface area contributed by atoms with E-state index in [2.05, 4.69) is 22.2 Å². The van der Waals surface area contributed by atoms with Gasteiger partial charge in [-0.2, -0.15) is 0 Å². The average Bonchev–Trinajstić information content (AvgIpc) is 2.75. The van der Waals surface area contributed by atoms with E-state index in [0.717, 1.165) is 0 Å². The zero-order valence-corrected chi connectivity index (χ0v) is 15.9. The summed E-state index contributed by atoms with van der Waals surface area (Å²) in [5.41, 5.74) is 5.30. The maximum atomic E-state index is 15.0. The summed E-state index contributed by atoms with van der Waals surface area (Å²) in [4.78, 5) is 16.2. The summed E-state index contributed by atoms with van der Waals surface area (Å²) in [6.45, 7) is 3.65. The normalized spacial score (nSPS) is 10.5. The summed E-state index contributed by atoms with van der Waals surface area (Å²) in [5.74, 6) is -4.24. The molecule has 0 radical (unpaired) electrons. The molecule has 0 saturated carbocycles. The first-order chi connectivity index (χ1) is 14.4. The first kappa shape index (κ1) is 20.9. The van der Waals surface area contributed by atoms with Crippen molar-refractivity contribution in [1.29, 1.82) is 0 Å². The average molecular weight is 412 g/mol. The molecule has 0 fully saturated rings.